The molecule has 0 aromatic carbocycles. The minimum absolute atomic E-state index is 0.0247. The van der Waals surface area contributed by atoms with Crippen LogP contribution in [0.15, 0.2) is 194 Å². The average Bonchev–Trinajstić information content (AvgIpc) is 0.898. The number of unbranched alkanes of at least 4 members (excludes halogenated alkanes) is 20. The number of aliphatic hydroxyl groups excluding tert-OH is 1. The summed E-state index contributed by atoms with van der Waals surface area (Å²) in [6.45, 7) is 4.38. The van der Waals surface area contributed by atoms with E-state index in [9.17, 15) is 43.2 Å². The molecule has 634 valence electrons. The van der Waals surface area contributed by atoms with Crippen molar-refractivity contribution in [3.05, 3.63) is 194 Å². The van der Waals surface area contributed by atoms with Gasteiger partial charge in [0, 0.05) is 25.7 Å². The van der Waals surface area contributed by atoms with Gasteiger partial charge in [0.15, 0.2) is 12.2 Å². The van der Waals surface area contributed by atoms with Gasteiger partial charge < -0.3 is 33.8 Å². The quantitative estimate of drug-likeness (QED) is 0.0169. The number of phosphoric ester groups is 2. The molecular formula is C93H150O17P2. The first-order valence-electron chi connectivity index (χ1n) is 42.7. The van der Waals surface area contributed by atoms with Crippen molar-refractivity contribution in [2.24, 2.45) is 0 Å². The summed E-state index contributed by atoms with van der Waals surface area (Å²) in [5.74, 6) is -2.35. The molecule has 3 N–H and O–H groups in total. The Hall–Kier alpha value is -6.10. The molecule has 0 bridgehead atoms. The highest BCUT2D eigenvalue weighted by molar-refractivity contribution is 7.47. The lowest BCUT2D eigenvalue weighted by Crippen LogP contribution is -2.30. The highest BCUT2D eigenvalue weighted by atomic mass is 31.2. The Morgan fingerprint density at radius 2 is 0.482 bits per heavy atom. The third-order valence-corrected chi connectivity index (χ3v) is 18.9. The number of rotatable bonds is 78. The maximum Gasteiger partial charge on any atom is 0.472 e. The summed E-state index contributed by atoms with van der Waals surface area (Å²) in [7, 11) is -10.0. The van der Waals surface area contributed by atoms with Crippen LogP contribution in [0.2, 0.25) is 0 Å². The zero-order valence-electron chi connectivity index (χ0n) is 69.5. The Labute approximate surface area is 678 Å². The second-order valence-corrected chi connectivity index (χ2v) is 30.5. The summed E-state index contributed by atoms with van der Waals surface area (Å²) < 4.78 is 68.7. The van der Waals surface area contributed by atoms with Gasteiger partial charge in [0.05, 0.1) is 26.4 Å². The Morgan fingerprint density at radius 1 is 0.259 bits per heavy atom. The van der Waals surface area contributed by atoms with E-state index in [1.165, 1.54) is 38.5 Å². The largest absolute Gasteiger partial charge is 0.472 e. The van der Waals surface area contributed by atoms with Gasteiger partial charge in [0.2, 0.25) is 0 Å². The average molecular weight is 1600 g/mol. The van der Waals surface area contributed by atoms with Crippen molar-refractivity contribution in [1.82, 2.24) is 0 Å². The van der Waals surface area contributed by atoms with Crippen LogP contribution in [0.25, 0.3) is 0 Å². The van der Waals surface area contributed by atoms with Crippen LogP contribution in [0, 0.1) is 0 Å². The van der Waals surface area contributed by atoms with Crippen molar-refractivity contribution >= 4 is 39.5 Å². The van der Waals surface area contributed by atoms with E-state index in [0.29, 0.717) is 32.1 Å². The van der Waals surface area contributed by atoms with Crippen molar-refractivity contribution in [3.63, 3.8) is 0 Å². The summed E-state index contributed by atoms with van der Waals surface area (Å²) in [5.41, 5.74) is 0. The monoisotopic (exact) mass is 1600 g/mol. The molecule has 0 radical (unpaired) electrons. The van der Waals surface area contributed by atoms with Crippen LogP contribution in [0.4, 0.5) is 0 Å². The maximum absolute atomic E-state index is 13.1. The predicted molar refractivity (Wildman–Crippen MR) is 463 cm³/mol. The summed E-state index contributed by atoms with van der Waals surface area (Å²) >= 11 is 0. The molecule has 0 heterocycles. The molecule has 5 atom stereocenters. The van der Waals surface area contributed by atoms with Crippen molar-refractivity contribution in [3.8, 4) is 0 Å². The van der Waals surface area contributed by atoms with Crippen molar-refractivity contribution in [2.75, 3.05) is 39.6 Å². The molecule has 0 amide bonds. The molecule has 17 nitrogen and oxygen atoms in total. The Kier molecular flexibility index (Phi) is 78.4. The number of aliphatic hydroxyl groups is 1. The number of esters is 4. The lowest BCUT2D eigenvalue weighted by Gasteiger charge is -2.21. The Balaban J connectivity index is 5.52. The molecular weight excluding hydrogens is 1450 g/mol. The van der Waals surface area contributed by atoms with E-state index >= 15 is 0 Å². The van der Waals surface area contributed by atoms with Gasteiger partial charge in [-0.1, -0.05) is 306 Å². The second kappa shape index (κ2) is 82.9. The number of hydrogen-bond acceptors (Lipinski definition) is 15. The molecule has 5 unspecified atom stereocenters. The minimum Gasteiger partial charge on any atom is -0.462 e. The van der Waals surface area contributed by atoms with Gasteiger partial charge in [0.1, 0.15) is 19.3 Å². The molecule has 0 aromatic rings. The van der Waals surface area contributed by atoms with Gasteiger partial charge in [-0.25, -0.2) is 9.13 Å². The first kappa shape index (κ1) is 106. The van der Waals surface area contributed by atoms with Crippen LogP contribution >= 0.6 is 15.6 Å². The molecule has 0 saturated carbocycles. The van der Waals surface area contributed by atoms with Gasteiger partial charge >= 0.3 is 39.5 Å². The molecule has 0 saturated heterocycles. The number of carbonyl (C=O) groups excluding carboxylic acids is 4. The second-order valence-electron chi connectivity index (χ2n) is 27.6. The zero-order chi connectivity index (χ0) is 81.7. The smallest absolute Gasteiger partial charge is 0.462 e. The first-order chi connectivity index (χ1) is 54.7. The van der Waals surface area contributed by atoms with Crippen LogP contribution in [0.1, 0.15) is 310 Å². The lowest BCUT2D eigenvalue weighted by molar-refractivity contribution is -0.161. The predicted octanol–water partition coefficient (Wildman–Crippen LogP) is 25.7. The SMILES string of the molecule is CC/C=C\C/C=C\C/C=C\C/C=C\C/C=C\C/C=C\CCC(=O)OCC(COP(=O)(O)OCC(O)COP(=O)(O)OCC(COC(=O)CCCCC/C=C\C/C=C\C/C=C\C/C=C\C/C=C\CC)OC(=O)CCCCCCC/C=C\CCCCCCCC)OC(=O)CCCCCCCC/C=C\C/C=C\C/C=C\C/C=C\CC. The van der Waals surface area contributed by atoms with E-state index in [2.05, 4.69) is 204 Å². The van der Waals surface area contributed by atoms with E-state index in [-0.39, 0.29) is 25.7 Å². The van der Waals surface area contributed by atoms with Gasteiger partial charge in [-0.2, -0.15) is 0 Å². The van der Waals surface area contributed by atoms with Crippen molar-refractivity contribution in [1.29, 1.82) is 0 Å². The molecule has 0 spiro atoms. The van der Waals surface area contributed by atoms with E-state index in [4.69, 9.17) is 37.0 Å². The number of hydrogen-bond donors (Lipinski definition) is 3. The van der Waals surface area contributed by atoms with E-state index < -0.39 is 97.5 Å². The number of allylic oxidation sites excluding steroid dienone is 32. The maximum atomic E-state index is 13.1. The van der Waals surface area contributed by atoms with Crippen LogP contribution in [-0.2, 0) is 65.4 Å². The summed E-state index contributed by atoms with van der Waals surface area (Å²) in [5, 5.41) is 10.7. The molecule has 0 fully saturated rings. The third-order valence-electron chi connectivity index (χ3n) is 17.0. The van der Waals surface area contributed by atoms with Crippen LogP contribution in [-0.4, -0.2) is 96.7 Å². The zero-order valence-corrected chi connectivity index (χ0v) is 71.3. The van der Waals surface area contributed by atoms with E-state index in [1.807, 2.05) is 18.2 Å². The van der Waals surface area contributed by atoms with Crippen LogP contribution < -0.4 is 0 Å². The molecule has 19 heteroatoms. The van der Waals surface area contributed by atoms with Crippen molar-refractivity contribution < 1.29 is 80.2 Å². The third kappa shape index (κ3) is 81.9. The van der Waals surface area contributed by atoms with Crippen molar-refractivity contribution in [2.45, 2.75) is 329 Å². The van der Waals surface area contributed by atoms with Gasteiger partial charge in [-0.15, -0.1) is 0 Å². The fourth-order valence-electron chi connectivity index (χ4n) is 10.7. The van der Waals surface area contributed by atoms with Crippen LogP contribution in [0.5, 0.6) is 0 Å². The molecule has 0 aliphatic carbocycles. The van der Waals surface area contributed by atoms with E-state index in [0.717, 1.165) is 186 Å². The topological polar surface area (TPSA) is 237 Å². The van der Waals surface area contributed by atoms with Gasteiger partial charge in [-0.3, -0.25) is 37.3 Å². The normalized spacial score (nSPS) is 14.7. The Morgan fingerprint density at radius 3 is 0.786 bits per heavy atom. The number of ether oxygens (including phenoxy) is 4. The minimum atomic E-state index is -5.02. The first-order valence-corrected chi connectivity index (χ1v) is 45.7. The highest BCUT2D eigenvalue weighted by Crippen LogP contribution is 2.45. The lowest BCUT2D eigenvalue weighted by atomic mass is 10.1. The summed E-state index contributed by atoms with van der Waals surface area (Å²) in [4.78, 5) is 73.3. The van der Waals surface area contributed by atoms with Gasteiger partial charge in [0.25, 0.3) is 0 Å². The molecule has 0 aliphatic heterocycles. The Bertz CT molecular complexity index is 2890. The molecule has 0 aromatic heterocycles. The van der Waals surface area contributed by atoms with Crippen LogP contribution in [0.3, 0.4) is 0 Å². The van der Waals surface area contributed by atoms with E-state index in [1.54, 1.807) is 0 Å². The summed E-state index contributed by atoms with van der Waals surface area (Å²) in [6.07, 6.45) is 103. The van der Waals surface area contributed by atoms with Gasteiger partial charge in [-0.05, 0) is 173 Å². The number of phosphoric acid groups is 2. The molecule has 0 rings (SSSR count). The fraction of sp³-hybridized carbons (Fsp3) is 0.613. The fourth-order valence-corrected chi connectivity index (χ4v) is 12.2. The number of carbonyl (C=O) groups is 4. The molecule has 112 heavy (non-hydrogen) atoms. The highest BCUT2D eigenvalue weighted by Gasteiger charge is 2.30. The standard InChI is InChI=1S/C93H150O17P2/c1-5-9-13-17-21-25-29-33-37-40-43-46-50-53-57-61-65-69-73-77-90(95)103-83-88(109-92(97)79-75-71-67-63-59-55-49-36-32-28-24-20-16-12-8-4)85-107-111(99,100)105-81-87(94)82-106-112(101,102)108-86-89(110-93(98)80-76-72-68-64-60-56-52-48-45-42-39-35-31-27-23-19-15-11-7-3)84-104-91(96)78-74-70-66-62-58-54-51-47-44-41-38-34-30-26-22-18-14-10-6-2/h9-11,13-15,21-23,25-27,33-39,43-49,53-54,57-58,66,70,87-89,94H,5-8,12,16-20,24,28-32,40-42,50-52,55-56,59-65,67-69,71-86H2,1-4H3,(H,99,100)(H,101,102)/b13-9-,14-10-,15-11-,25-21-,26-22-,27-23-,37-33-,38-34-,39-35-,46-43-,47-44-,48-45-,49-36-,57-53-,58-54-,70-66-. The summed E-state index contributed by atoms with van der Waals surface area (Å²) in [6, 6.07) is 0. The molecule has 0 aliphatic rings.